The van der Waals surface area contributed by atoms with Crippen LogP contribution in [0, 0.1) is 13.8 Å². The van der Waals surface area contributed by atoms with Crippen LogP contribution in [0.2, 0.25) is 0 Å². The summed E-state index contributed by atoms with van der Waals surface area (Å²) in [5.41, 5.74) is 2.68. The Balaban J connectivity index is 1.61. The van der Waals surface area contributed by atoms with Gasteiger partial charge in [0.15, 0.2) is 0 Å². The maximum absolute atomic E-state index is 12.4. The molecule has 6 nitrogen and oxygen atoms in total. The van der Waals surface area contributed by atoms with Crippen LogP contribution in [0.1, 0.15) is 24.0 Å². The number of anilines is 1. The molecule has 2 fully saturated rings. The third-order valence-corrected chi connectivity index (χ3v) is 6.73. The minimum atomic E-state index is -0.606. The summed E-state index contributed by atoms with van der Waals surface area (Å²) >= 11 is 1.96. The number of carbonyl (C=O) groups excluding carboxylic acids is 2. The number of hydrogen-bond acceptors (Lipinski definition) is 5. The SMILES string of the molecule is Cc1cccc(NC(=O)C(=O)NCC2(N3CCOCC3)CCSCC2)c1C. The first-order valence-electron chi connectivity index (χ1n) is 9.58. The lowest BCUT2D eigenvalue weighted by molar-refractivity contribution is -0.136. The molecule has 2 saturated heterocycles. The van der Waals surface area contributed by atoms with E-state index in [9.17, 15) is 9.59 Å². The van der Waals surface area contributed by atoms with Crippen LogP contribution in [0.25, 0.3) is 0 Å². The molecule has 2 N–H and O–H groups in total. The normalized spacial score (nSPS) is 20.1. The number of aryl methyl sites for hydroxylation is 1. The van der Waals surface area contributed by atoms with E-state index in [1.165, 1.54) is 0 Å². The number of amides is 2. The summed E-state index contributed by atoms with van der Waals surface area (Å²) in [6.45, 7) is 7.66. The number of morpholine rings is 1. The van der Waals surface area contributed by atoms with E-state index in [0.29, 0.717) is 12.2 Å². The molecule has 7 heteroatoms. The molecule has 3 rings (SSSR count). The van der Waals surface area contributed by atoms with Gasteiger partial charge in [0.1, 0.15) is 0 Å². The maximum Gasteiger partial charge on any atom is 0.313 e. The van der Waals surface area contributed by atoms with Crippen LogP contribution in [0.3, 0.4) is 0 Å². The van der Waals surface area contributed by atoms with E-state index in [0.717, 1.165) is 61.8 Å². The first-order chi connectivity index (χ1) is 13.0. The average Bonchev–Trinajstić information content (AvgIpc) is 2.71. The molecule has 27 heavy (non-hydrogen) atoms. The fraction of sp³-hybridized carbons (Fsp3) is 0.600. The van der Waals surface area contributed by atoms with Crippen molar-refractivity contribution in [2.75, 3.05) is 49.7 Å². The molecule has 0 bridgehead atoms. The zero-order valence-electron chi connectivity index (χ0n) is 16.2. The second-order valence-corrected chi connectivity index (χ2v) is 8.55. The van der Waals surface area contributed by atoms with Gasteiger partial charge in [-0.2, -0.15) is 11.8 Å². The van der Waals surface area contributed by atoms with Crippen molar-refractivity contribution in [2.24, 2.45) is 0 Å². The summed E-state index contributed by atoms with van der Waals surface area (Å²) in [6, 6.07) is 5.68. The molecular formula is C20H29N3O3S. The Bertz CT molecular complexity index is 683. The van der Waals surface area contributed by atoms with Crippen molar-refractivity contribution < 1.29 is 14.3 Å². The fourth-order valence-electron chi connectivity index (χ4n) is 3.78. The van der Waals surface area contributed by atoms with Gasteiger partial charge >= 0.3 is 11.8 Å². The summed E-state index contributed by atoms with van der Waals surface area (Å²) in [4.78, 5) is 27.3. The van der Waals surface area contributed by atoms with E-state index in [-0.39, 0.29) is 5.54 Å². The number of rotatable bonds is 4. The summed E-state index contributed by atoms with van der Waals surface area (Å²) in [5, 5.41) is 5.64. The third kappa shape index (κ3) is 4.83. The molecule has 0 aromatic heterocycles. The highest BCUT2D eigenvalue weighted by atomic mass is 32.2. The number of carbonyl (C=O) groups is 2. The highest BCUT2D eigenvalue weighted by molar-refractivity contribution is 7.99. The van der Waals surface area contributed by atoms with Crippen molar-refractivity contribution in [3.8, 4) is 0 Å². The lowest BCUT2D eigenvalue weighted by Gasteiger charge is -2.47. The first-order valence-corrected chi connectivity index (χ1v) is 10.7. The molecule has 2 aliphatic rings. The minimum absolute atomic E-state index is 0.0653. The molecular weight excluding hydrogens is 362 g/mol. The minimum Gasteiger partial charge on any atom is -0.379 e. The Morgan fingerprint density at radius 3 is 2.56 bits per heavy atom. The third-order valence-electron chi connectivity index (χ3n) is 5.74. The number of benzene rings is 1. The van der Waals surface area contributed by atoms with Gasteiger partial charge in [-0.15, -0.1) is 0 Å². The van der Waals surface area contributed by atoms with Crippen molar-refractivity contribution in [1.82, 2.24) is 10.2 Å². The zero-order valence-corrected chi connectivity index (χ0v) is 17.0. The molecule has 0 radical (unpaired) electrons. The lowest BCUT2D eigenvalue weighted by Crippen LogP contribution is -2.61. The van der Waals surface area contributed by atoms with Gasteiger partial charge in [-0.05, 0) is 55.4 Å². The molecule has 2 amide bonds. The topological polar surface area (TPSA) is 70.7 Å². The van der Waals surface area contributed by atoms with Gasteiger partial charge in [0, 0.05) is 30.9 Å². The predicted octanol–water partition coefficient (Wildman–Crippen LogP) is 1.96. The number of ether oxygens (including phenoxy) is 1. The van der Waals surface area contributed by atoms with Gasteiger partial charge in [-0.1, -0.05) is 12.1 Å². The molecule has 0 unspecified atom stereocenters. The van der Waals surface area contributed by atoms with Gasteiger partial charge in [0.25, 0.3) is 0 Å². The Kier molecular flexibility index (Phi) is 6.78. The van der Waals surface area contributed by atoms with E-state index in [1.807, 2.05) is 43.8 Å². The van der Waals surface area contributed by atoms with E-state index >= 15 is 0 Å². The van der Waals surface area contributed by atoms with Crippen molar-refractivity contribution in [3.63, 3.8) is 0 Å². The molecule has 2 aliphatic heterocycles. The Morgan fingerprint density at radius 2 is 1.85 bits per heavy atom. The summed E-state index contributed by atoms with van der Waals surface area (Å²) in [6.07, 6.45) is 2.05. The average molecular weight is 392 g/mol. The van der Waals surface area contributed by atoms with Crippen LogP contribution in [-0.2, 0) is 14.3 Å². The molecule has 0 spiro atoms. The Hall–Kier alpha value is -1.57. The van der Waals surface area contributed by atoms with Gasteiger partial charge < -0.3 is 15.4 Å². The fourth-order valence-corrected chi connectivity index (χ4v) is 5.04. The van der Waals surface area contributed by atoms with Crippen LogP contribution in [-0.4, -0.2) is 66.6 Å². The highest BCUT2D eigenvalue weighted by Gasteiger charge is 2.39. The van der Waals surface area contributed by atoms with Crippen LogP contribution in [0.5, 0.6) is 0 Å². The molecule has 2 heterocycles. The second kappa shape index (κ2) is 9.08. The van der Waals surface area contributed by atoms with E-state index < -0.39 is 11.8 Å². The molecule has 1 aromatic rings. The van der Waals surface area contributed by atoms with E-state index in [1.54, 1.807) is 0 Å². The molecule has 0 saturated carbocycles. The summed E-state index contributed by atoms with van der Waals surface area (Å²) in [5.74, 6) is 0.997. The standard InChI is InChI=1S/C20H29N3O3S/c1-15-4-3-5-17(16(15)2)22-19(25)18(24)21-14-20(6-12-27-13-7-20)23-8-10-26-11-9-23/h3-5H,6-14H2,1-2H3,(H,21,24)(H,22,25). The van der Waals surface area contributed by atoms with Crippen LogP contribution >= 0.6 is 11.8 Å². The van der Waals surface area contributed by atoms with Crippen molar-refractivity contribution in [1.29, 1.82) is 0 Å². The second-order valence-electron chi connectivity index (χ2n) is 7.32. The Morgan fingerprint density at radius 1 is 1.15 bits per heavy atom. The summed E-state index contributed by atoms with van der Waals surface area (Å²) in [7, 11) is 0. The quantitative estimate of drug-likeness (QED) is 0.768. The van der Waals surface area contributed by atoms with E-state index in [2.05, 4.69) is 15.5 Å². The zero-order chi connectivity index (χ0) is 19.3. The van der Waals surface area contributed by atoms with Gasteiger partial charge in [-0.25, -0.2) is 0 Å². The van der Waals surface area contributed by atoms with Gasteiger partial charge in [0.2, 0.25) is 0 Å². The van der Waals surface area contributed by atoms with Crippen molar-refractivity contribution >= 4 is 29.3 Å². The number of nitrogens with zero attached hydrogens (tertiary/aromatic N) is 1. The van der Waals surface area contributed by atoms with Crippen molar-refractivity contribution in [3.05, 3.63) is 29.3 Å². The molecule has 0 atom stereocenters. The lowest BCUT2D eigenvalue weighted by atomic mass is 9.89. The van der Waals surface area contributed by atoms with E-state index in [4.69, 9.17) is 4.74 Å². The monoisotopic (exact) mass is 391 g/mol. The van der Waals surface area contributed by atoms with Gasteiger partial charge in [0.05, 0.1) is 13.2 Å². The van der Waals surface area contributed by atoms with Crippen LogP contribution in [0.15, 0.2) is 18.2 Å². The number of nitrogens with one attached hydrogen (secondary N) is 2. The Labute approximate surface area is 165 Å². The summed E-state index contributed by atoms with van der Waals surface area (Å²) < 4.78 is 5.49. The largest absolute Gasteiger partial charge is 0.379 e. The smallest absolute Gasteiger partial charge is 0.313 e. The van der Waals surface area contributed by atoms with Crippen molar-refractivity contribution in [2.45, 2.75) is 32.2 Å². The first kappa shape index (κ1) is 20.2. The van der Waals surface area contributed by atoms with Crippen LogP contribution in [0.4, 0.5) is 5.69 Å². The molecule has 0 aliphatic carbocycles. The predicted molar refractivity (Wildman–Crippen MR) is 109 cm³/mol. The molecule has 1 aromatic carbocycles. The number of hydrogen-bond donors (Lipinski definition) is 2. The number of thioether (sulfide) groups is 1. The maximum atomic E-state index is 12.4. The highest BCUT2D eigenvalue weighted by Crippen LogP contribution is 2.32. The molecule has 148 valence electrons. The van der Waals surface area contributed by atoms with Gasteiger partial charge in [-0.3, -0.25) is 14.5 Å². The van der Waals surface area contributed by atoms with Crippen LogP contribution < -0.4 is 10.6 Å².